The van der Waals surface area contributed by atoms with Gasteiger partial charge < -0.3 is 9.47 Å². The Balaban J connectivity index is 1.80. The van der Waals surface area contributed by atoms with E-state index < -0.39 is 15.8 Å². The zero-order valence-electron chi connectivity index (χ0n) is 14.9. The van der Waals surface area contributed by atoms with E-state index >= 15 is 0 Å². The number of sulfonamides is 1. The van der Waals surface area contributed by atoms with Gasteiger partial charge in [-0.25, -0.2) is 22.2 Å². The van der Waals surface area contributed by atoms with Crippen LogP contribution in [0.1, 0.15) is 5.56 Å². The number of hydrogen-bond acceptors (Lipinski definition) is 6. The summed E-state index contributed by atoms with van der Waals surface area (Å²) in [5.41, 5.74) is 0.610. The van der Waals surface area contributed by atoms with Crippen molar-refractivity contribution in [3.05, 3.63) is 59.1 Å². The number of nitrogens with zero attached hydrogens (tertiary/aromatic N) is 3. The Kier molecular flexibility index (Phi) is 5.71. The van der Waals surface area contributed by atoms with Gasteiger partial charge in [-0.3, -0.25) is 0 Å². The molecule has 0 atom stereocenters. The Morgan fingerprint density at radius 2 is 1.96 bits per heavy atom. The molecule has 1 aromatic heterocycles. The van der Waals surface area contributed by atoms with E-state index in [-0.39, 0.29) is 28.2 Å². The Morgan fingerprint density at radius 1 is 1.18 bits per heavy atom. The molecule has 3 aromatic rings. The number of ether oxygens (including phenoxy) is 2. The van der Waals surface area contributed by atoms with Crippen LogP contribution in [0.4, 0.5) is 10.3 Å². The van der Waals surface area contributed by atoms with Crippen molar-refractivity contribution in [2.45, 2.75) is 11.4 Å². The fourth-order valence-corrected chi connectivity index (χ4v) is 3.74. The van der Waals surface area contributed by atoms with Gasteiger partial charge in [0.05, 0.1) is 20.8 Å². The number of nitrogens with one attached hydrogen (secondary N) is 1. The average Bonchev–Trinajstić information content (AvgIpc) is 3.09. The van der Waals surface area contributed by atoms with Crippen LogP contribution in [0.15, 0.2) is 47.6 Å². The molecule has 0 aliphatic rings. The van der Waals surface area contributed by atoms with E-state index in [1.54, 1.807) is 0 Å². The minimum absolute atomic E-state index is 0.0891. The fraction of sp³-hybridized carbons (Fsp3) is 0.176. The maximum Gasteiger partial charge on any atom is 0.267 e. The molecule has 0 aliphatic heterocycles. The number of halogens is 2. The highest BCUT2D eigenvalue weighted by molar-refractivity contribution is 7.92. The van der Waals surface area contributed by atoms with Crippen molar-refractivity contribution in [1.29, 1.82) is 0 Å². The molecule has 0 saturated heterocycles. The molecule has 0 unspecified atom stereocenters. The van der Waals surface area contributed by atoms with Gasteiger partial charge in [-0.1, -0.05) is 17.7 Å². The molecule has 8 nitrogen and oxygen atoms in total. The highest BCUT2D eigenvalue weighted by atomic mass is 35.5. The summed E-state index contributed by atoms with van der Waals surface area (Å²) in [6, 6.07) is 8.29. The van der Waals surface area contributed by atoms with Gasteiger partial charge in [0.1, 0.15) is 28.5 Å². The Morgan fingerprint density at radius 3 is 2.64 bits per heavy atom. The minimum Gasteiger partial charge on any atom is -0.497 e. The molecule has 0 aliphatic carbocycles. The first kappa shape index (κ1) is 19.9. The van der Waals surface area contributed by atoms with Gasteiger partial charge in [-0.05, 0) is 29.8 Å². The van der Waals surface area contributed by atoms with Crippen molar-refractivity contribution < 1.29 is 22.3 Å². The number of benzene rings is 2. The van der Waals surface area contributed by atoms with Crippen LogP contribution in [0.25, 0.3) is 0 Å². The first-order chi connectivity index (χ1) is 13.3. The Bertz CT molecular complexity index is 1100. The van der Waals surface area contributed by atoms with Gasteiger partial charge in [0.25, 0.3) is 16.0 Å². The smallest absolute Gasteiger partial charge is 0.267 e. The van der Waals surface area contributed by atoms with Crippen LogP contribution in [0.2, 0.25) is 5.02 Å². The quantitative estimate of drug-likeness (QED) is 0.624. The highest BCUT2D eigenvalue weighted by Crippen LogP contribution is 2.29. The standard InChI is InChI=1S/C17H16ClFN4O4S/c1-26-13-5-6-16(15(8-13)27-2)28(24,25)22-17-20-10-23(21-17)9-11-3-4-12(19)7-14(11)18/h3-8,10H,9H2,1-2H3,(H,21,22). The van der Waals surface area contributed by atoms with Gasteiger partial charge in [-0.2, -0.15) is 4.98 Å². The zero-order chi connectivity index (χ0) is 20.3. The number of anilines is 1. The minimum atomic E-state index is -4.00. The molecule has 3 rings (SSSR count). The summed E-state index contributed by atoms with van der Waals surface area (Å²) in [6.07, 6.45) is 1.34. The average molecular weight is 427 g/mol. The summed E-state index contributed by atoms with van der Waals surface area (Å²) in [7, 11) is -1.18. The van der Waals surface area contributed by atoms with Crippen LogP contribution in [-0.2, 0) is 16.6 Å². The summed E-state index contributed by atoms with van der Waals surface area (Å²) < 4.78 is 52.3. The normalized spacial score (nSPS) is 11.3. The summed E-state index contributed by atoms with van der Waals surface area (Å²) in [5.74, 6) is -0.0101. The van der Waals surface area contributed by atoms with Crippen LogP contribution < -0.4 is 14.2 Å². The molecule has 28 heavy (non-hydrogen) atoms. The van der Waals surface area contributed by atoms with Gasteiger partial charge in [0, 0.05) is 11.1 Å². The number of methoxy groups -OCH3 is 2. The predicted octanol–water partition coefficient (Wildman–Crippen LogP) is 2.94. The van der Waals surface area contributed by atoms with E-state index in [1.165, 1.54) is 61.6 Å². The summed E-state index contributed by atoms with van der Waals surface area (Å²) in [5, 5.41) is 4.30. The van der Waals surface area contributed by atoms with E-state index in [2.05, 4.69) is 14.8 Å². The molecule has 0 radical (unpaired) electrons. The van der Waals surface area contributed by atoms with Gasteiger partial charge in [0.15, 0.2) is 0 Å². The van der Waals surface area contributed by atoms with Crippen LogP contribution in [-0.4, -0.2) is 37.4 Å². The molecule has 0 spiro atoms. The van der Waals surface area contributed by atoms with Crippen molar-refractivity contribution in [3.8, 4) is 11.5 Å². The van der Waals surface area contributed by atoms with E-state index in [9.17, 15) is 12.8 Å². The van der Waals surface area contributed by atoms with Gasteiger partial charge in [0.2, 0.25) is 0 Å². The van der Waals surface area contributed by atoms with Crippen molar-refractivity contribution in [1.82, 2.24) is 14.8 Å². The monoisotopic (exact) mass is 426 g/mol. The number of rotatable bonds is 7. The molecule has 2 aromatic carbocycles. The third-order valence-corrected chi connectivity index (χ3v) is 5.49. The lowest BCUT2D eigenvalue weighted by atomic mass is 10.2. The summed E-state index contributed by atoms with van der Waals surface area (Å²) in [6.45, 7) is 0.194. The largest absolute Gasteiger partial charge is 0.497 e. The van der Waals surface area contributed by atoms with Gasteiger partial charge in [-0.15, -0.1) is 5.10 Å². The van der Waals surface area contributed by atoms with E-state index in [0.717, 1.165) is 0 Å². The SMILES string of the molecule is COc1ccc(S(=O)(=O)Nc2ncn(Cc3ccc(F)cc3Cl)n2)c(OC)c1. The molecule has 0 fully saturated rings. The third kappa shape index (κ3) is 4.34. The molecule has 1 N–H and O–H groups in total. The second kappa shape index (κ2) is 8.03. The predicted molar refractivity (Wildman–Crippen MR) is 101 cm³/mol. The van der Waals surface area contributed by atoms with Crippen LogP contribution in [0, 0.1) is 5.82 Å². The molecular weight excluding hydrogens is 411 g/mol. The van der Waals surface area contributed by atoms with Gasteiger partial charge >= 0.3 is 0 Å². The van der Waals surface area contributed by atoms with Crippen molar-refractivity contribution in [2.24, 2.45) is 0 Å². The Hall–Kier alpha value is -2.85. The van der Waals surface area contributed by atoms with Crippen LogP contribution in [0.5, 0.6) is 11.5 Å². The third-order valence-electron chi connectivity index (χ3n) is 3.77. The van der Waals surface area contributed by atoms with E-state index in [4.69, 9.17) is 21.1 Å². The van der Waals surface area contributed by atoms with Crippen LogP contribution in [0.3, 0.4) is 0 Å². The molecule has 0 bridgehead atoms. The lowest BCUT2D eigenvalue weighted by Crippen LogP contribution is -2.15. The molecular formula is C17H16ClFN4O4S. The first-order valence-corrected chi connectivity index (χ1v) is 9.76. The number of aromatic nitrogens is 3. The lowest BCUT2D eigenvalue weighted by molar-refractivity contribution is 0.386. The van der Waals surface area contributed by atoms with Crippen molar-refractivity contribution >= 4 is 27.6 Å². The number of hydrogen-bond donors (Lipinski definition) is 1. The molecule has 1 heterocycles. The maximum atomic E-state index is 13.1. The molecule has 0 amide bonds. The fourth-order valence-electron chi connectivity index (χ4n) is 2.41. The molecule has 11 heteroatoms. The summed E-state index contributed by atoms with van der Waals surface area (Å²) in [4.78, 5) is 3.85. The molecule has 0 saturated carbocycles. The second-order valence-corrected chi connectivity index (χ2v) is 7.68. The zero-order valence-corrected chi connectivity index (χ0v) is 16.5. The lowest BCUT2D eigenvalue weighted by Gasteiger charge is -2.11. The Labute approximate surface area is 165 Å². The highest BCUT2D eigenvalue weighted by Gasteiger charge is 2.22. The topological polar surface area (TPSA) is 95.3 Å². The van der Waals surface area contributed by atoms with E-state index in [0.29, 0.717) is 11.3 Å². The van der Waals surface area contributed by atoms with Crippen molar-refractivity contribution in [3.63, 3.8) is 0 Å². The van der Waals surface area contributed by atoms with E-state index in [1.807, 2.05) is 0 Å². The van der Waals surface area contributed by atoms with Crippen LogP contribution >= 0.6 is 11.6 Å². The van der Waals surface area contributed by atoms with Crippen molar-refractivity contribution in [2.75, 3.05) is 18.9 Å². The first-order valence-electron chi connectivity index (χ1n) is 7.90. The summed E-state index contributed by atoms with van der Waals surface area (Å²) >= 11 is 5.99. The second-order valence-electron chi connectivity index (χ2n) is 5.62. The molecule has 148 valence electrons. The maximum absolute atomic E-state index is 13.1.